The Morgan fingerprint density at radius 2 is 1.86 bits per heavy atom. The van der Waals surface area contributed by atoms with Crippen molar-refractivity contribution in [1.29, 1.82) is 5.26 Å². The first-order valence-corrected chi connectivity index (χ1v) is 9.24. The van der Waals surface area contributed by atoms with Crippen LogP contribution in [-0.4, -0.2) is 10.7 Å². The number of rotatable bonds is 4. The van der Waals surface area contributed by atoms with Crippen LogP contribution in [0.15, 0.2) is 52.9 Å². The van der Waals surface area contributed by atoms with E-state index in [9.17, 15) is 18.4 Å². The maximum absolute atomic E-state index is 12.8. The third kappa shape index (κ3) is 4.62. The van der Waals surface area contributed by atoms with Gasteiger partial charge in [-0.2, -0.15) is 23.5 Å². The lowest BCUT2D eigenvalue weighted by Gasteiger charge is -2.10. The number of aromatic nitrogens is 1. The lowest BCUT2D eigenvalue weighted by molar-refractivity contribution is -0.137. The maximum atomic E-state index is 12.8. The van der Waals surface area contributed by atoms with Crippen LogP contribution in [0.2, 0.25) is 10.0 Å². The zero-order chi connectivity index (χ0) is 20.3. The number of thiazole rings is 1. The topological polar surface area (TPSA) is 61.1 Å². The molecule has 3 aromatic rings. The fraction of sp³-hybridized carbons (Fsp3) is 0.0556. The summed E-state index contributed by atoms with van der Waals surface area (Å²) in [5.74, 6) is 0. The predicted molar refractivity (Wildman–Crippen MR) is 105 cm³/mol. The Hall–Kier alpha value is -2.60. The van der Waals surface area contributed by atoms with E-state index in [0.29, 0.717) is 15.7 Å². The summed E-state index contributed by atoms with van der Waals surface area (Å²) in [6.45, 7) is 0. The number of hydrogen-bond donors (Lipinski definition) is 1. The normalized spacial score (nSPS) is 11.9. The van der Waals surface area contributed by atoms with Crippen LogP contribution < -0.4 is 5.43 Å². The number of nitriles is 1. The summed E-state index contributed by atoms with van der Waals surface area (Å²) in [4.78, 5) is 4.34. The molecule has 0 unspecified atom stereocenters. The Kier molecular flexibility index (Phi) is 5.89. The van der Waals surface area contributed by atoms with Crippen molar-refractivity contribution in [2.45, 2.75) is 6.18 Å². The molecule has 0 saturated carbocycles. The molecule has 0 radical (unpaired) electrons. The number of anilines is 1. The quantitative estimate of drug-likeness (QED) is 0.373. The van der Waals surface area contributed by atoms with Gasteiger partial charge < -0.3 is 0 Å². The molecule has 0 fully saturated rings. The van der Waals surface area contributed by atoms with E-state index in [1.807, 2.05) is 6.07 Å². The summed E-state index contributed by atoms with van der Waals surface area (Å²) in [6.07, 6.45) is -4.52. The number of hydrogen-bond acceptors (Lipinski definition) is 5. The van der Waals surface area contributed by atoms with Gasteiger partial charge in [0.2, 0.25) is 0 Å². The summed E-state index contributed by atoms with van der Waals surface area (Å²) >= 11 is 12.9. The maximum Gasteiger partial charge on any atom is 0.416 e. The minimum absolute atomic E-state index is 0.0371. The van der Waals surface area contributed by atoms with Gasteiger partial charge in [-0.3, -0.25) is 5.43 Å². The molecule has 0 atom stereocenters. The van der Waals surface area contributed by atoms with E-state index in [4.69, 9.17) is 23.2 Å². The summed E-state index contributed by atoms with van der Waals surface area (Å²) in [7, 11) is 0. The van der Waals surface area contributed by atoms with Crippen molar-refractivity contribution in [2.24, 2.45) is 5.10 Å². The Balaban J connectivity index is 1.86. The third-order valence-electron chi connectivity index (χ3n) is 3.53. The first kappa shape index (κ1) is 20.1. The zero-order valence-electron chi connectivity index (χ0n) is 13.8. The van der Waals surface area contributed by atoms with Gasteiger partial charge in [0.1, 0.15) is 6.07 Å². The van der Waals surface area contributed by atoms with Crippen LogP contribution in [0.5, 0.6) is 0 Å². The molecule has 1 N–H and O–H groups in total. The van der Waals surface area contributed by atoms with Crippen molar-refractivity contribution in [3.8, 4) is 17.3 Å². The molecule has 28 heavy (non-hydrogen) atoms. The van der Waals surface area contributed by atoms with Gasteiger partial charge in [0, 0.05) is 16.0 Å². The standard InChI is InChI=1S/C18H9Cl2F3N4S/c19-12-4-1-10(2-5-12)16-9-28-17(25-16)15(8-24)27-26-14-7-11(18(21,22)23)3-6-13(14)20/h1-7,9,26H/b27-15+. The van der Waals surface area contributed by atoms with E-state index in [-0.39, 0.29) is 16.4 Å². The highest BCUT2D eigenvalue weighted by atomic mass is 35.5. The third-order valence-corrected chi connectivity index (χ3v) is 4.97. The van der Waals surface area contributed by atoms with Crippen LogP contribution in [0.3, 0.4) is 0 Å². The first-order chi connectivity index (χ1) is 13.3. The molecule has 2 aromatic carbocycles. The van der Waals surface area contributed by atoms with E-state index in [0.717, 1.165) is 23.8 Å². The largest absolute Gasteiger partial charge is 0.416 e. The van der Waals surface area contributed by atoms with Crippen molar-refractivity contribution in [3.63, 3.8) is 0 Å². The highest BCUT2D eigenvalue weighted by molar-refractivity contribution is 7.12. The Morgan fingerprint density at radius 1 is 1.14 bits per heavy atom. The number of hydrazone groups is 1. The monoisotopic (exact) mass is 440 g/mol. The van der Waals surface area contributed by atoms with Crippen molar-refractivity contribution in [2.75, 3.05) is 5.43 Å². The van der Waals surface area contributed by atoms with Crippen molar-refractivity contribution >= 4 is 45.9 Å². The average Bonchev–Trinajstić information content (AvgIpc) is 3.13. The molecule has 3 rings (SSSR count). The number of nitrogens with zero attached hydrogens (tertiary/aromatic N) is 3. The van der Waals surface area contributed by atoms with Crippen LogP contribution >= 0.6 is 34.5 Å². The van der Waals surface area contributed by atoms with E-state index in [1.54, 1.807) is 29.6 Å². The van der Waals surface area contributed by atoms with Gasteiger partial charge in [-0.15, -0.1) is 11.3 Å². The average molecular weight is 441 g/mol. The van der Waals surface area contributed by atoms with Crippen LogP contribution in [-0.2, 0) is 6.18 Å². The SMILES string of the molecule is N#C/C(=N\Nc1cc(C(F)(F)F)ccc1Cl)c1nc(-c2ccc(Cl)cc2)cs1. The van der Waals surface area contributed by atoms with Crippen LogP contribution in [0.4, 0.5) is 18.9 Å². The second-order valence-corrected chi connectivity index (χ2v) is 7.12. The molecule has 0 aliphatic heterocycles. The zero-order valence-corrected chi connectivity index (χ0v) is 16.1. The molecule has 1 heterocycles. The molecule has 0 aliphatic rings. The number of alkyl halides is 3. The van der Waals surface area contributed by atoms with Crippen molar-refractivity contribution in [3.05, 3.63) is 68.5 Å². The fourth-order valence-electron chi connectivity index (χ4n) is 2.16. The minimum Gasteiger partial charge on any atom is -0.276 e. The van der Waals surface area contributed by atoms with Crippen molar-refractivity contribution < 1.29 is 13.2 Å². The highest BCUT2D eigenvalue weighted by Gasteiger charge is 2.31. The summed E-state index contributed by atoms with van der Waals surface area (Å²) < 4.78 is 38.5. The Bertz CT molecular complexity index is 1070. The molecule has 0 aliphatic carbocycles. The number of benzene rings is 2. The van der Waals surface area contributed by atoms with Gasteiger partial charge in [0.15, 0.2) is 10.7 Å². The smallest absolute Gasteiger partial charge is 0.276 e. The predicted octanol–water partition coefficient (Wildman–Crippen LogP) is 6.48. The molecule has 1 aromatic heterocycles. The van der Waals surface area contributed by atoms with E-state index >= 15 is 0 Å². The van der Waals surface area contributed by atoms with Crippen LogP contribution in [0.1, 0.15) is 10.6 Å². The lowest BCUT2D eigenvalue weighted by Crippen LogP contribution is -2.06. The molecule has 4 nitrogen and oxygen atoms in total. The minimum atomic E-state index is -4.52. The van der Waals surface area contributed by atoms with E-state index < -0.39 is 11.7 Å². The summed E-state index contributed by atoms with van der Waals surface area (Å²) in [5, 5.41) is 15.9. The Labute approximate surface area is 171 Å². The number of nitrogens with one attached hydrogen (secondary N) is 1. The summed E-state index contributed by atoms with van der Waals surface area (Å²) in [5.41, 5.74) is 2.80. The molecule has 0 amide bonds. The van der Waals surface area contributed by atoms with Gasteiger partial charge in [-0.25, -0.2) is 4.98 Å². The van der Waals surface area contributed by atoms with Crippen LogP contribution in [0.25, 0.3) is 11.3 Å². The molecule has 0 bridgehead atoms. The molecule has 10 heteroatoms. The molecular weight excluding hydrogens is 432 g/mol. The van der Waals surface area contributed by atoms with Gasteiger partial charge in [-0.05, 0) is 30.3 Å². The second kappa shape index (κ2) is 8.19. The molecule has 142 valence electrons. The van der Waals surface area contributed by atoms with Gasteiger partial charge in [0.25, 0.3) is 0 Å². The molecule has 0 spiro atoms. The first-order valence-electron chi connectivity index (χ1n) is 7.60. The summed E-state index contributed by atoms with van der Waals surface area (Å²) in [6, 6.07) is 11.7. The van der Waals surface area contributed by atoms with E-state index in [2.05, 4.69) is 15.5 Å². The highest BCUT2D eigenvalue weighted by Crippen LogP contribution is 2.34. The van der Waals surface area contributed by atoms with Crippen molar-refractivity contribution in [1.82, 2.24) is 4.98 Å². The van der Waals surface area contributed by atoms with Gasteiger partial charge in [-0.1, -0.05) is 35.3 Å². The van der Waals surface area contributed by atoms with Crippen LogP contribution in [0, 0.1) is 11.3 Å². The Morgan fingerprint density at radius 3 is 2.50 bits per heavy atom. The van der Waals surface area contributed by atoms with Gasteiger partial charge in [0.05, 0.1) is 22.0 Å². The second-order valence-electron chi connectivity index (χ2n) is 5.42. The lowest BCUT2D eigenvalue weighted by atomic mass is 10.2. The molecule has 0 saturated heterocycles. The van der Waals surface area contributed by atoms with Gasteiger partial charge >= 0.3 is 6.18 Å². The molecular formula is C18H9Cl2F3N4S. The fourth-order valence-corrected chi connectivity index (χ4v) is 3.21. The number of halogens is 5. The van der Waals surface area contributed by atoms with E-state index in [1.165, 1.54) is 11.3 Å².